The lowest BCUT2D eigenvalue weighted by atomic mass is 9.78. The van der Waals surface area contributed by atoms with Crippen LogP contribution in [0, 0.1) is 5.41 Å². The van der Waals surface area contributed by atoms with Crippen LogP contribution in [-0.4, -0.2) is 23.3 Å². The number of para-hydroxylation sites is 1. The molecule has 0 bridgehead atoms. The lowest BCUT2D eigenvalue weighted by molar-refractivity contribution is -0.116. The van der Waals surface area contributed by atoms with Crippen LogP contribution >= 0.6 is 11.3 Å². The van der Waals surface area contributed by atoms with Gasteiger partial charge >= 0.3 is 0 Å². The molecule has 132 valence electrons. The van der Waals surface area contributed by atoms with E-state index in [4.69, 9.17) is 4.74 Å². The third-order valence-electron chi connectivity index (χ3n) is 4.04. The Morgan fingerprint density at radius 3 is 2.80 bits per heavy atom. The number of thiazole rings is 1. The van der Waals surface area contributed by atoms with Gasteiger partial charge in [-0.05, 0) is 30.4 Å². The van der Waals surface area contributed by atoms with Crippen molar-refractivity contribution in [3.05, 3.63) is 40.9 Å². The van der Waals surface area contributed by atoms with Crippen molar-refractivity contribution >= 4 is 28.2 Å². The van der Waals surface area contributed by atoms with Gasteiger partial charge in [0.15, 0.2) is 10.9 Å². The van der Waals surface area contributed by atoms with Crippen molar-refractivity contribution in [1.29, 1.82) is 0 Å². The molecule has 0 saturated carbocycles. The number of nitrogens with zero attached hydrogens (tertiary/aromatic N) is 1. The third-order valence-corrected chi connectivity index (χ3v) is 5.10. The summed E-state index contributed by atoms with van der Waals surface area (Å²) in [6.07, 6.45) is 2.28. The van der Waals surface area contributed by atoms with Crippen molar-refractivity contribution in [3.63, 3.8) is 0 Å². The average Bonchev–Trinajstić information content (AvgIpc) is 2.94. The molecular weight excluding hydrogens is 336 g/mol. The predicted octanol–water partition coefficient (Wildman–Crippen LogP) is 4.10. The standard InChI is InChI=1S/C19H22N2O3S/c1-19(2)11-14-17(15(22)12-19)25-18(20-14)21-16(23)9-6-10-24-13-7-4-3-5-8-13/h3-5,7-8H,6,9-12H2,1-2H3,(H,20,21,23). The van der Waals surface area contributed by atoms with Crippen LogP contribution in [0.2, 0.25) is 0 Å². The molecule has 1 aliphatic rings. The summed E-state index contributed by atoms with van der Waals surface area (Å²) in [6, 6.07) is 9.53. The number of ether oxygens (including phenoxy) is 1. The van der Waals surface area contributed by atoms with Gasteiger partial charge in [0.1, 0.15) is 5.75 Å². The first kappa shape index (κ1) is 17.6. The summed E-state index contributed by atoms with van der Waals surface area (Å²) in [5, 5.41) is 3.32. The zero-order valence-electron chi connectivity index (χ0n) is 14.5. The lowest BCUT2D eigenvalue weighted by Crippen LogP contribution is -2.26. The molecule has 0 saturated heterocycles. The second kappa shape index (κ2) is 7.35. The van der Waals surface area contributed by atoms with E-state index >= 15 is 0 Å². The minimum absolute atomic E-state index is 0.0613. The number of nitrogens with one attached hydrogen (secondary N) is 1. The van der Waals surface area contributed by atoms with E-state index in [1.54, 1.807) is 0 Å². The van der Waals surface area contributed by atoms with E-state index in [0.717, 1.165) is 17.9 Å². The normalized spacial score (nSPS) is 15.5. The minimum Gasteiger partial charge on any atom is -0.494 e. The fraction of sp³-hybridized carbons (Fsp3) is 0.421. The maximum Gasteiger partial charge on any atom is 0.226 e. The van der Waals surface area contributed by atoms with Crippen molar-refractivity contribution in [3.8, 4) is 5.75 Å². The molecule has 0 aliphatic heterocycles. The molecule has 0 spiro atoms. The number of carbonyl (C=O) groups is 2. The molecule has 1 N–H and O–H groups in total. The van der Waals surface area contributed by atoms with Crippen LogP contribution in [0.3, 0.4) is 0 Å². The highest BCUT2D eigenvalue weighted by atomic mass is 32.1. The monoisotopic (exact) mass is 358 g/mol. The van der Waals surface area contributed by atoms with Gasteiger partial charge in [0.05, 0.1) is 17.2 Å². The number of carbonyl (C=O) groups excluding carboxylic acids is 2. The van der Waals surface area contributed by atoms with Crippen LogP contribution in [0.5, 0.6) is 5.75 Å². The van der Waals surface area contributed by atoms with Crippen LogP contribution < -0.4 is 10.1 Å². The quantitative estimate of drug-likeness (QED) is 0.790. The van der Waals surface area contributed by atoms with Crippen molar-refractivity contribution in [2.75, 3.05) is 11.9 Å². The van der Waals surface area contributed by atoms with Gasteiger partial charge in [-0.3, -0.25) is 9.59 Å². The Morgan fingerprint density at radius 1 is 1.28 bits per heavy atom. The lowest BCUT2D eigenvalue weighted by Gasteiger charge is -2.26. The summed E-state index contributed by atoms with van der Waals surface area (Å²) in [6.45, 7) is 4.62. The highest BCUT2D eigenvalue weighted by Crippen LogP contribution is 2.38. The van der Waals surface area contributed by atoms with Crippen molar-refractivity contribution < 1.29 is 14.3 Å². The third kappa shape index (κ3) is 4.66. The number of anilines is 1. The van der Waals surface area contributed by atoms with Gasteiger partial charge in [0, 0.05) is 12.8 Å². The number of benzene rings is 1. The molecule has 1 aliphatic carbocycles. The molecule has 3 rings (SSSR count). The van der Waals surface area contributed by atoms with E-state index in [0.29, 0.717) is 35.9 Å². The maximum atomic E-state index is 12.2. The highest BCUT2D eigenvalue weighted by molar-refractivity contribution is 7.17. The number of ketones is 1. The molecular formula is C19H22N2O3S. The average molecular weight is 358 g/mol. The fourth-order valence-corrected chi connectivity index (χ4v) is 3.83. The van der Waals surface area contributed by atoms with Crippen LogP contribution in [-0.2, 0) is 11.2 Å². The molecule has 0 fully saturated rings. The largest absolute Gasteiger partial charge is 0.494 e. The van der Waals surface area contributed by atoms with E-state index in [-0.39, 0.29) is 17.1 Å². The summed E-state index contributed by atoms with van der Waals surface area (Å²) >= 11 is 1.28. The Kier molecular flexibility index (Phi) is 5.18. The Balaban J connectivity index is 1.48. The number of rotatable bonds is 6. The van der Waals surface area contributed by atoms with Gasteiger partial charge in [0.2, 0.25) is 5.91 Å². The van der Waals surface area contributed by atoms with E-state index in [2.05, 4.69) is 24.1 Å². The van der Waals surface area contributed by atoms with Crippen molar-refractivity contribution in [2.24, 2.45) is 5.41 Å². The van der Waals surface area contributed by atoms with Crippen LogP contribution in [0.25, 0.3) is 0 Å². The number of hydrogen-bond donors (Lipinski definition) is 1. The zero-order chi connectivity index (χ0) is 17.9. The van der Waals surface area contributed by atoms with Gasteiger partial charge in [-0.15, -0.1) is 0 Å². The Bertz CT molecular complexity index is 768. The molecule has 1 aromatic heterocycles. The van der Waals surface area contributed by atoms with Crippen LogP contribution in [0.1, 0.15) is 48.5 Å². The molecule has 5 nitrogen and oxygen atoms in total. The van der Waals surface area contributed by atoms with Gasteiger partial charge in [-0.25, -0.2) is 4.98 Å². The van der Waals surface area contributed by atoms with Crippen LogP contribution in [0.4, 0.5) is 5.13 Å². The predicted molar refractivity (Wildman–Crippen MR) is 98.3 cm³/mol. The Morgan fingerprint density at radius 2 is 2.04 bits per heavy atom. The molecule has 25 heavy (non-hydrogen) atoms. The van der Waals surface area contributed by atoms with Crippen LogP contribution in [0.15, 0.2) is 30.3 Å². The SMILES string of the molecule is CC1(C)CC(=O)c2sc(NC(=O)CCCOc3ccccc3)nc2C1. The topological polar surface area (TPSA) is 68.3 Å². The highest BCUT2D eigenvalue weighted by Gasteiger charge is 2.34. The number of aromatic nitrogens is 1. The summed E-state index contributed by atoms with van der Waals surface area (Å²) in [5.74, 6) is 0.826. The van der Waals surface area contributed by atoms with Crippen molar-refractivity contribution in [2.45, 2.75) is 39.5 Å². The summed E-state index contributed by atoms with van der Waals surface area (Å²) in [4.78, 5) is 29.4. The molecule has 1 heterocycles. The smallest absolute Gasteiger partial charge is 0.226 e. The van der Waals surface area contributed by atoms with E-state index in [9.17, 15) is 9.59 Å². The molecule has 1 amide bonds. The first-order valence-corrected chi connectivity index (χ1v) is 9.25. The van der Waals surface area contributed by atoms with E-state index < -0.39 is 0 Å². The number of fused-ring (bicyclic) bond motifs is 1. The first-order chi connectivity index (χ1) is 11.9. The molecule has 0 radical (unpaired) electrons. The zero-order valence-corrected chi connectivity index (χ0v) is 15.3. The van der Waals surface area contributed by atoms with E-state index in [1.807, 2.05) is 30.3 Å². The molecule has 0 unspecified atom stereocenters. The summed E-state index contributed by atoms with van der Waals surface area (Å²) < 4.78 is 5.57. The molecule has 2 aromatic rings. The molecule has 1 aromatic carbocycles. The van der Waals surface area contributed by atoms with Gasteiger partial charge in [0.25, 0.3) is 0 Å². The van der Waals surface area contributed by atoms with Gasteiger partial charge < -0.3 is 10.1 Å². The minimum atomic E-state index is -0.102. The fourth-order valence-electron chi connectivity index (χ4n) is 2.89. The van der Waals surface area contributed by atoms with Gasteiger partial charge in [-0.2, -0.15) is 0 Å². The second-order valence-corrected chi connectivity index (χ2v) is 8.05. The van der Waals surface area contributed by atoms with Gasteiger partial charge in [-0.1, -0.05) is 43.4 Å². The van der Waals surface area contributed by atoms with Crippen molar-refractivity contribution in [1.82, 2.24) is 4.98 Å². The summed E-state index contributed by atoms with van der Waals surface area (Å²) in [7, 11) is 0. The Hall–Kier alpha value is -2.21. The molecule has 0 atom stereocenters. The number of amides is 1. The first-order valence-electron chi connectivity index (χ1n) is 8.43. The Labute approximate surface area is 151 Å². The second-order valence-electron chi connectivity index (χ2n) is 7.05. The maximum absolute atomic E-state index is 12.2. The molecule has 6 heteroatoms. The summed E-state index contributed by atoms with van der Waals surface area (Å²) in [5.41, 5.74) is 0.753. The number of Topliss-reactive ketones (excluding diaryl/α,β-unsaturated/α-hetero) is 1. The number of hydrogen-bond acceptors (Lipinski definition) is 5. The van der Waals surface area contributed by atoms with E-state index in [1.165, 1.54) is 11.3 Å².